The van der Waals surface area contributed by atoms with Gasteiger partial charge < -0.3 is 15.5 Å². The Morgan fingerprint density at radius 1 is 1.05 bits per heavy atom. The van der Waals surface area contributed by atoms with Crippen molar-refractivity contribution in [3.8, 4) is 0 Å². The van der Waals surface area contributed by atoms with Crippen LogP contribution in [0.2, 0.25) is 0 Å². The van der Waals surface area contributed by atoms with Gasteiger partial charge in [0, 0.05) is 19.4 Å². The SMILES string of the molecule is CCCCCCCCCC(=O)NC(CCO)C(=O)O. The van der Waals surface area contributed by atoms with Crippen LogP contribution in [0.1, 0.15) is 64.7 Å². The van der Waals surface area contributed by atoms with Crippen LogP contribution < -0.4 is 5.32 Å². The first-order valence-electron chi connectivity index (χ1n) is 7.24. The van der Waals surface area contributed by atoms with Gasteiger partial charge in [-0.3, -0.25) is 4.79 Å². The zero-order valence-corrected chi connectivity index (χ0v) is 11.9. The van der Waals surface area contributed by atoms with Crippen LogP contribution in [0.3, 0.4) is 0 Å². The number of aliphatic hydroxyl groups is 1. The molecule has 5 nitrogen and oxygen atoms in total. The molecule has 0 aliphatic heterocycles. The van der Waals surface area contributed by atoms with Crippen molar-refractivity contribution in [2.45, 2.75) is 70.8 Å². The van der Waals surface area contributed by atoms with Crippen LogP contribution in [0.4, 0.5) is 0 Å². The molecule has 19 heavy (non-hydrogen) atoms. The number of unbranched alkanes of at least 4 members (excludes halogenated alkanes) is 6. The van der Waals surface area contributed by atoms with E-state index in [4.69, 9.17) is 10.2 Å². The first-order valence-corrected chi connectivity index (χ1v) is 7.24. The van der Waals surface area contributed by atoms with E-state index in [9.17, 15) is 9.59 Å². The standard InChI is InChI=1S/C14H27NO4/c1-2-3-4-5-6-7-8-9-13(17)15-12(10-11-16)14(18)19/h12,16H,2-11H2,1H3,(H,15,17)(H,18,19). The Morgan fingerprint density at radius 3 is 2.16 bits per heavy atom. The van der Waals surface area contributed by atoms with Crippen molar-refractivity contribution in [1.29, 1.82) is 0 Å². The molecule has 0 aromatic rings. The fraction of sp³-hybridized carbons (Fsp3) is 0.857. The van der Waals surface area contributed by atoms with Crippen molar-refractivity contribution in [2.75, 3.05) is 6.61 Å². The molecule has 0 heterocycles. The van der Waals surface area contributed by atoms with Crippen LogP contribution >= 0.6 is 0 Å². The lowest BCUT2D eigenvalue weighted by molar-refractivity contribution is -0.142. The molecular weight excluding hydrogens is 246 g/mol. The summed E-state index contributed by atoms with van der Waals surface area (Å²) in [6.45, 7) is 1.93. The molecule has 0 aliphatic rings. The molecule has 0 rings (SSSR count). The second-order valence-corrected chi connectivity index (χ2v) is 4.84. The predicted octanol–water partition coefficient (Wildman–Crippen LogP) is 2.08. The van der Waals surface area contributed by atoms with Crippen molar-refractivity contribution < 1.29 is 19.8 Å². The molecule has 0 fully saturated rings. The summed E-state index contributed by atoms with van der Waals surface area (Å²) in [7, 11) is 0. The van der Waals surface area contributed by atoms with E-state index in [1.54, 1.807) is 0 Å². The highest BCUT2D eigenvalue weighted by Crippen LogP contribution is 2.08. The minimum Gasteiger partial charge on any atom is -0.480 e. The van der Waals surface area contributed by atoms with Crippen LogP contribution in [0.5, 0.6) is 0 Å². The average molecular weight is 273 g/mol. The smallest absolute Gasteiger partial charge is 0.326 e. The first kappa shape index (κ1) is 17.9. The number of aliphatic carboxylic acids is 1. The summed E-state index contributed by atoms with van der Waals surface area (Å²) in [6.07, 6.45) is 8.30. The molecule has 0 spiro atoms. The third-order valence-corrected chi connectivity index (χ3v) is 3.06. The lowest BCUT2D eigenvalue weighted by Crippen LogP contribution is -2.41. The third kappa shape index (κ3) is 10.5. The Labute approximate surface area is 115 Å². The van der Waals surface area contributed by atoms with Gasteiger partial charge in [-0.25, -0.2) is 4.79 Å². The molecule has 5 heteroatoms. The van der Waals surface area contributed by atoms with Crippen LogP contribution in [0.15, 0.2) is 0 Å². The molecule has 1 amide bonds. The number of carboxylic acid groups (broad SMARTS) is 1. The molecule has 1 unspecified atom stereocenters. The van der Waals surface area contributed by atoms with Crippen molar-refractivity contribution in [3.63, 3.8) is 0 Å². The number of nitrogens with one attached hydrogen (secondary N) is 1. The van der Waals surface area contributed by atoms with E-state index in [-0.39, 0.29) is 18.9 Å². The minimum absolute atomic E-state index is 0.0537. The van der Waals surface area contributed by atoms with Gasteiger partial charge in [0.1, 0.15) is 6.04 Å². The van der Waals surface area contributed by atoms with Gasteiger partial charge in [0.25, 0.3) is 0 Å². The summed E-state index contributed by atoms with van der Waals surface area (Å²) in [5, 5.41) is 20.0. The van der Waals surface area contributed by atoms with Crippen LogP contribution in [0.25, 0.3) is 0 Å². The number of carbonyl (C=O) groups is 2. The average Bonchev–Trinajstić information content (AvgIpc) is 2.37. The topological polar surface area (TPSA) is 86.6 Å². The van der Waals surface area contributed by atoms with Gasteiger partial charge in [-0.2, -0.15) is 0 Å². The molecule has 112 valence electrons. The maximum absolute atomic E-state index is 11.5. The van der Waals surface area contributed by atoms with E-state index in [1.165, 1.54) is 25.7 Å². The molecule has 0 aromatic carbocycles. The Bertz CT molecular complexity index is 256. The van der Waals surface area contributed by atoms with Crippen molar-refractivity contribution in [2.24, 2.45) is 0 Å². The summed E-state index contributed by atoms with van der Waals surface area (Å²) in [5.74, 6) is -1.34. The van der Waals surface area contributed by atoms with Crippen LogP contribution in [-0.4, -0.2) is 34.7 Å². The van der Waals surface area contributed by atoms with Gasteiger partial charge >= 0.3 is 5.97 Å². The fourth-order valence-corrected chi connectivity index (χ4v) is 1.90. The van der Waals surface area contributed by atoms with Crippen LogP contribution in [-0.2, 0) is 9.59 Å². The maximum atomic E-state index is 11.5. The van der Waals surface area contributed by atoms with E-state index in [0.717, 1.165) is 19.3 Å². The van der Waals surface area contributed by atoms with Gasteiger partial charge in [-0.1, -0.05) is 45.4 Å². The second-order valence-electron chi connectivity index (χ2n) is 4.84. The highest BCUT2D eigenvalue weighted by atomic mass is 16.4. The van der Waals surface area contributed by atoms with E-state index < -0.39 is 12.0 Å². The largest absolute Gasteiger partial charge is 0.480 e. The summed E-state index contributed by atoms with van der Waals surface area (Å²) in [5.41, 5.74) is 0. The minimum atomic E-state index is -1.10. The monoisotopic (exact) mass is 273 g/mol. The number of aliphatic hydroxyl groups excluding tert-OH is 1. The Balaban J connectivity index is 3.60. The Kier molecular flexibility index (Phi) is 11.3. The fourth-order valence-electron chi connectivity index (χ4n) is 1.90. The zero-order valence-electron chi connectivity index (χ0n) is 11.9. The predicted molar refractivity (Wildman–Crippen MR) is 73.9 cm³/mol. The Morgan fingerprint density at radius 2 is 1.63 bits per heavy atom. The molecule has 0 aliphatic carbocycles. The third-order valence-electron chi connectivity index (χ3n) is 3.06. The lowest BCUT2D eigenvalue weighted by Gasteiger charge is -2.12. The van der Waals surface area contributed by atoms with Gasteiger partial charge in [0.05, 0.1) is 0 Å². The normalized spacial score (nSPS) is 12.1. The van der Waals surface area contributed by atoms with E-state index >= 15 is 0 Å². The zero-order chi connectivity index (χ0) is 14.5. The number of hydrogen-bond acceptors (Lipinski definition) is 3. The number of hydrogen-bond donors (Lipinski definition) is 3. The number of carbonyl (C=O) groups excluding carboxylic acids is 1. The van der Waals surface area contributed by atoms with Crippen molar-refractivity contribution in [3.05, 3.63) is 0 Å². The molecular formula is C14H27NO4. The maximum Gasteiger partial charge on any atom is 0.326 e. The van der Waals surface area contributed by atoms with E-state index in [1.807, 2.05) is 0 Å². The van der Waals surface area contributed by atoms with Gasteiger partial charge in [-0.05, 0) is 6.42 Å². The van der Waals surface area contributed by atoms with Crippen molar-refractivity contribution in [1.82, 2.24) is 5.32 Å². The molecule has 0 bridgehead atoms. The van der Waals surface area contributed by atoms with Crippen molar-refractivity contribution >= 4 is 11.9 Å². The number of amides is 1. The molecule has 0 saturated heterocycles. The highest BCUT2D eigenvalue weighted by molar-refractivity contribution is 5.83. The molecule has 0 aromatic heterocycles. The summed E-state index contributed by atoms with van der Waals surface area (Å²) in [6, 6.07) is -0.970. The quantitative estimate of drug-likeness (QED) is 0.475. The van der Waals surface area contributed by atoms with E-state index in [2.05, 4.69) is 12.2 Å². The summed E-state index contributed by atoms with van der Waals surface area (Å²) in [4.78, 5) is 22.3. The lowest BCUT2D eigenvalue weighted by atomic mass is 10.1. The van der Waals surface area contributed by atoms with Crippen LogP contribution in [0, 0.1) is 0 Å². The molecule has 1 atom stereocenters. The van der Waals surface area contributed by atoms with Gasteiger partial charge in [0.2, 0.25) is 5.91 Å². The highest BCUT2D eigenvalue weighted by Gasteiger charge is 2.18. The molecule has 3 N–H and O–H groups in total. The molecule has 0 radical (unpaired) electrons. The number of carboxylic acids is 1. The van der Waals surface area contributed by atoms with E-state index in [0.29, 0.717) is 6.42 Å². The Hall–Kier alpha value is -1.10. The van der Waals surface area contributed by atoms with Gasteiger partial charge in [0.15, 0.2) is 0 Å². The second kappa shape index (κ2) is 12.0. The van der Waals surface area contributed by atoms with Gasteiger partial charge in [-0.15, -0.1) is 0 Å². The first-order chi connectivity index (χ1) is 9.11. The number of rotatable bonds is 12. The summed E-state index contributed by atoms with van der Waals surface area (Å²) < 4.78 is 0. The summed E-state index contributed by atoms with van der Waals surface area (Å²) >= 11 is 0. The molecule has 0 saturated carbocycles.